The Kier molecular flexibility index (Phi) is 6.92. The third-order valence-electron chi connectivity index (χ3n) is 7.17. The molecule has 36 heavy (non-hydrogen) atoms. The number of allylic oxidation sites excluding steroid dienone is 5. The number of carbonyl (C=O) groups is 2. The molecule has 1 aliphatic heterocycles. The van der Waals surface area contributed by atoms with Crippen molar-refractivity contribution in [2.24, 2.45) is 10.8 Å². The summed E-state index contributed by atoms with van der Waals surface area (Å²) in [7, 11) is 0. The lowest BCUT2D eigenvalue weighted by Crippen LogP contribution is -2.42. The van der Waals surface area contributed by atoms with Gasteiger partial charge in [-0.3, -0.25) is 9.59 Å². The Morgan fingerprint density at radius 1 is 1.03 bits per heavy atom. The molecule has 0 spiro atoms. The fourth-order valence-electron chi connectivity index (χ4n) is 5.92. The molecule has 0 unspecified atom stereocenters. The Bertz CT molecular complexity index is 1170. The minimum absolute atomic E-state index is 0.0961. The van der Waals surface area contributed by atoms with Gasteiger partial charge in [0, 0.05) is 46.9 Å². The van der Waals surface area contributed by atoms with Crippen LogP contribution in [0.25, 0.3) is 0 Å². The maximum absolute atomic E-state index is 13.6. The number of dihydropyridines is 1. The molecule has 0 saturated carbocycles. The second-order valence-electron chi connectivity index (χ2n) is 11.7. The fraction of sp³-hybridized carbons (Fsp3) is 0.484. The van der Waals surface area contributed by atoms with Crippen LogP contribution in [0.3, 0.4) is 0 Å². The molecule has 1 heterocycles. The van der Waals surface area contributed by atoms with Crippen LogP contribution in [0, 0.1) is 23.2 Å². The zero-order valence-corrected chi connectivity index (χ0v) is 22.2. The van der Waals surface area contributed by atoms with Crippen LogP contribution in [0.5, 0.6) is 11.5 Å². The van der Waals surface area contributed by atoms with E-state index in [2.05, 4.69) is 45.5 Å². The molecule has 5 nitrogen and oxygen atoms in total. The Balaban J connectivity index is 1.96. The highest BCUT2D eigenvalue weighted by molar-refractivity contribution is 6.06. The van der Waals surface area contributed by atoms with E-state index in [4.69, 9.17) is 15.9 Å². The summed E-state index contributed by atoms with van der Waals surface area (Å²) in [6, 6.07) is 3.95. The summed E-state index contributed by atoms with van der Waals surface area (Å²) in [6.07, 6.45) is 10.2. The topological polar surface area (TPSA) is 64.6 Å². The molecular weight excluding hydrogens is 450 g/mol. The van der Waals surface area contributed by atoms with Gasteiger partial charge in [-0.15, -0.1) is 13.0 Å². The lowest BCUT2D eigenvalue weighted by atomic mass is 9.64. The van der Waals surface area contributed by atoms with Crippen LogP contribution in [0.4, 0.5) is 0 Å². The van der Waals surface area contributed by atoms with E-state index in [0.717, 1.165) is 35.4 Å². The van der Waals surface area contributed by atoms with Crippen LogP contribution in [-0.2, 0) is 16.0 Å². The van der Waals surface area contributed by atoms with Crippen LogP contribution >= 0.6 is 0 Å². The van der Waals surface area contributed by atoms with Crippen LogP contribution in [-0.4, -0.2) is 24.8 Å². The molecule has 0 fully saturated rings. The van der Waals surface area contributed by atoms with Crippen LogP contribution in [0.15, 0.2) is 47.3 Å². The first-order chi connectivity index (χ1) is 17.0. The highest BCUT2D eigenvalue weighted by Crippen LogP contribution is 2.52. The molecule has 190 valence electrons. The van der Waals surface area contributed by atoms with Gasteiger partial charge in [0.1, 0.15) is 6.61 Å². The third-order valence-corrected chi connectivity index (χ3v) is 7.17. The van der Waals surface area contributed by atoms with Crippen molar-refractivity contribution in [2.75, 3.05) is 13.2 Å². The van der Waals surface area contributed by atoms with Crippen molar-refractivity contribution in [3.63, 3.8) is 0 Å². The largest absolute Gasteiger partial charge is 0.490 e. The van der Waals surface area contributed by atoms with Gasteiger partial charge < -0.3 is 14.8 Å². The molecule has 0 aromatic heterocycles. The highest BCUT2D eigenvalue weighted by atomic mass is 16.5. The summed E-state index contributed by atoms with van der Waals surface area (Å²) < 4.78 is 11.9. The van der Waals surface area contributed by atoms with Gasteiger partial charge in [0.05, 0.1) is 6.61 Å². The fourth-order valence-corrected chi connectivity index (χ4v) is 5.92. The van der Waals surface area contributed by atoms with Gasteiger partial charge in [0.2, 0.25) is 0 Å². The van der Waals surface area contributed by atoms with Crippen LogP contribution in [0.1, 0.15) is 77.3 Å². The van der Waals surface area contributed by atoms with E-state index in [0.29, 0.717) is 48.5 Å². The average Bonchev–Trinajstić information content (AvgIpc) is 2.75. The van der Waals surface area contributed by atoms with Crippen molar-refractivity contribution in [2.45, 2.75) is 72.6 Å². The average molecular weight is 488 g/mol. The van der Waals surface area contributed by atoms with Crippen molar-refractivity contribution >= 4 is 11.6 Å². The first kappa shape index (κ1) is 25.8. The van der Waals surface area contributed by atoms with Crippen molar-refractivity contribution in [1.29, 1.82) is 0 Å². The van der Waals surface area contributed by atoms with E-state index in [1.54, 1.807) is 6.08 Å². The minimum Gasteiger partial charge on any atom is -0.490 e. The van der Waals surface area contributed by atoms with Crippen molar-refractivity contribution in [1.82, 2.24) is 5.32 Å². The SMILES string of the molecule is C#CCOc1c(CC=C)cc(C2C3=C(CC(C)(C)CC3=O)NC3=C2C(=O)CC(C)(C)C3)cc1OCC. The predicted molar refractivity (Wildman–Crippen MR) is 142 cm³/mol. The molecule has 1 aromatic rings. The Labute approximate surface area is 215 Å². The molecule has 1 N–H and O–H groups in total. The molecule has 4 rings (SSSR count). The van der Waals surface area contributed by atoms with Gasteiger partial charge in [-0.05, 0) is 48.6 Å². The zero-order chi connectivity index (χ0) is 26.3. The lowest BCUT2D eigenvalue weighted by molar-refractivity contribution is -0.119. The molecule has 0 saturated heterocycles. The van der Waals surface area contributed by atoms with Crippen molar-refractivity contribution in [3.05, 3.63) is 58.5 Å². The summed E-state index contributed by atoms with van der Waals surface area (Å²) in [5, 5.41) is 3.57. The molecule has 3 aliphatic rings. The summed E-state index contributed by atoms with van der Waals surface area (Å²) >= 11 is 0. The Morgan fingerprint density at radius 3 is 2.11 bits per heavy atom. The lowest BCUT2D eigenvalue weighted by Gasteiger charge is -2.44. The van der Waals surface area contributed by atoms with Crippen LogP contribution in [0.2, 0.25) is 0 Å². The molecule has 2 aliphatic carbocycles. The molecule has 0 radical (unpaired) electrons. The molecule has 0 bridgehead atoms. The molecule has 0 atom stereocenters. The second kappa shape index (κ2) is 9.65. The molecule has 0 amide bonds. The quantitative estimate of drug-likeness (QED) is 0.389. The normalized spacial score (nSPS) is 20.8. The summed E-state index contributed by atoms with van der Waals surface area (Å²) in [6.45, 7) is 14.9. The number of Topliss-reactive ketones (excluding diaryl/α,β-unsaturated/α-hetero) is 2. The van der Waals surface area contributed by atoms with E-state index in [1.807, 2.05) is 19.1 Å². The van der Waals surface area contributed by atoms with Gasteiger partial charge in [0.15, 0.2) is 23.1 Å². The predicted octanol–water partition coefficient (Wildman–Crippen LogP) is 5.80. The van der Waals surface area contributed by atoms with E-state index >= 15 is 0 Å². The summed E-state index contributed by atoms with van der Waals surface area (Å²) in [5.74, 6) is 3.43. The molecule has 5 heteroatoms. The van der Waals surface area contributed by atoms with Crippen molar-refractivity contribution < 1.29 is 19.1 Å². The van der Waals surface area contributed by atoms with E-state index in [-0.39, 0.29) is 29.0 Å². The number of hydrogen-bond acceptors (Lipinski definition) is 5. The number of carbonyl (C=O) groups excluding carboxylic acids is 2. The van der Waals surface area contributed by atoms with Crippen LogP contribution < -0.4 is 14.8 Å². The van der Waals surface area contributed by atoms with Gasteiger partial charge in [-0.25, -0.2) is 0 Å². The summed E-state index contributed by atoms with van der Waals surface area (Å²) in [5.41, 5.74) is 4.77. The zero-order valence-electron chi connectivity index (χ0n) is 22.2. The number of ether oxygens (including phenoxy) is 2. The summed E-state index contributed by atoms with van der Waals surface area (Å²) in [4.78, 5) is 27.3. The number of rotatable bonds is 7. The third kappa shape index (κ3) is 4.87. The Hall–Kier alpha value is -3.26. The monoisotopic (exact) mass is 487 g/mol. The van der Waals surface area contributed by atoms with Gasteiger partial charge in [-0.2, -0.15) is 0 Å². The number of nitrogens with one attached hydrogen (secondary N) is 1. The smallest absolute Gasteiger partial charge is 0.166 e. The van der Waals surface area contributed by atoms with E-state index in [9.17, 15) is 9.59 Å². The maximum Gasteiger partial charge on any atom is 0.166 e. The number of ketones is 2. The maximum atomic E-state index is 13.6. The van der Waals surface area contributed by atoms with Gasteiger partial charge >= 0.3 is 0 Å². The first-order valence-electron chi connectivity index (χ1n) is 12.8. The minimum atomic E-state index is -0.437. The van der Waals surface area contributed by atoms with Gasteiger partial charge in [0.25, 0.3) is 0 Å². The van der Waals surface area contributed by atoms with Crippen molar-refractivity contribution in [3.8, 4) is 23.8 Å². The first-order valence-corrected chi connectivity index (χ1v) is 12.8. The standard InChI is InChI=1S/C31H37NO4/c1-8-11-19-13-20(14-25(35-10-3)29(19)36-12-9-2)26-27-21(15-30(4,5)17-23(27)33)32-22-16-31(6,7)18-24(34)28(22)26/h2,8,13-14,26,32H,1,10-12,15-18H2,3-7H3. The van der Waals surface area contributed by atoms with E-state index < -0.39 is 5.92 Å². The number of benzene rings is 1. The van der Waals surface area contributed by atoms with E-state index in [1.165, 1.54) is 0 Å². The highest BCUT2D eigenvalue weighted by Gasteiger charge is 2.46. The number of terminal acetylenes is 1. The molecular formula is C31H37NO4. The second-order valence-corrected chi connectivity index (χ2v) is 11.7. The number of hydrogen-bond donors (Lipinski definition) is 1. The molecule has 1 aromatic carbocycles. The Morgan fingerprint density at radius 2 is 1.61 bits per heavy atom. The van der Waals surface area contributed by atoms with Gasteiger partial charge in [-0.1, -0.05) is 45.8 Å².